The van der Waals surface area contributed by atoms with Crippen molar-refractivity contribution in [3.63, 3.8) is 0 Å². The molecule has 0 amide bonds. The number of ether oxygens (including phenoxy) is 2. The molecule has 7 heteroatoms. The fourth-order valence-corrected chi connectivity index (χ4v) is 7.23. The Balaban J connectivity index is 3.93. The minimum Gasteiger partial charge on any atom is -0.465 e. The summed E-state index contributed by atoms with van der Waals surface area (Å²) in [5, 5.41) is 9.56. The fraction of sp³-hybridized carbons (Fsp3) is 0.957. The Morgan fingerprint density at radius 1 is 0.566 bits per heavy atom. The maximum atomic E-state index is 12.5. The number of halogens is 1. The molecule has 316 valence electrons. The summed E-state index contributed by atoms with van der Waals surface area (Å²) in [5.41, 5.74) is 0. The molecule has 0 aromatic rings. The fourth-order valence-electron chi connectivity index (χ4n) is 7.23. The Kier molecular flexibility index (Phi) is 39.5. The van der Waals surface area contributed by atoms with E-state index in [9.17, 15) is 19.1 Å². The third-order valence-electron chi connectivity index (χ3n) is 10.9. The smallest absolute Gasteiger partial charge is 0.308 e. The van der Waals surface area contributed by atoms with Crippen molar-refractivity contribution >= 4 is 11.9 Å². The van der Waals surface area contributed by atoms with Crippen LogP contribution in [0.25, 0.3) is 0 Å². The summed E-state index contributed by atoms with van der Waals surface area (Å²) in [4.78, 5) is 27.2. The van der Waals surface area contributed by atoms with Gasteiger partial charge in [-0.05, 0) is 76.3 Å². The molecule has 0 radical (unpaired) electrons. The highest BCUT2D eigenvalue weighted by atomic mass is 19.1. The van der Waals surface area contributed by atoms with Crippen LogP contribution in [0.4, 0.5) is 4.39 Å². The van der Waals surface area contributed by atoms with Crippen molar-refractivity contribution < 1.29 is 28.6 Å². The monoisotopic (exact) mass is 756 g/mol. The number of hydrogen-bond donors (Lipinski definition) is 1. The highest BCUT2D eigenvalue weighted by Crippen LogP contribution is 2.20. The van der Waals surface area contributed by atoms with Gasteiger partial charge in [0.05, 0.1) is 32.4 Å². The number of hydrogen-bond acceptors (Lipinski definition) is 6. The molecule has 0 bridgehead atoms. The van der Waals surface area contributed by atoms with E-state index < -0.39 is 0 Å². The standard InChI is InChI=1S/C46H90FNO5/c1-5-6-7-23-32-44(33-24-14-8-10-17-26-35-47)41-53-45(50)34-25-15-12-18-27-36-48(38-39-49)37-28-19-16-22-31-43(4)46(51)52-40-29-20-11-9-13-21-30-42(2)3/h42-44,49H,5-41H2,1-4H3. The molecule has 1 N–H and O–H groups in total. The van der Waals surface area contributed by atoms with Crippen LogP contribution in [0.5, 0.6) is 0 Å². The van der Waals surface area contributed by atoms with Gasteiger partial charge in [-0.15, -0.1) is 0 Å². The molecule has 2 unspecified atom stereocenters. The number of rotatable bonds is 42. The van der Waals surface area contributed by atoms with Crippen LogP contribution in [0.2, 0.25) is 0 Å². The van der Waals surface area contributed by atoms with Crippen LogP contribution in [-0.4, -0.2) is 68.1 Å². The number of nitrogens with zero attached hydrogens (tertiary/aromatic N) is 1. The van der Waals surface area contributed by atoms with Crippen molar-refractivity contribution in [1.29, 1.82) is 0 Å². The van der Waals surface area contributed by atoms with Gasteiger partial charge in [-0.1, -0.05) is 163 Å². The van der Waals surface area contributed by atoms with Gasteiger partial charge in [0, 0.05) is 13.0 Å². The van der Waals surface area contributed by atoms with E-state index in [1.54, 1.807) is 0 Å². The first-order chi connectivity index (χ1) is 25.8. The van der Waals surface area contributed by atoms with E-state index >= 15 is 0 Å². The first-order valence-electron chi connectivity index (χ1n) is 23.0. The molecule has 0 aliphatic heterocycles. The zero-order valence-corrected chi connectivity index (χ0v) is 35.8. The van der Waals surface area contributed by atoms with E-state index in [-0.39, 0.29) is 31.1 Å². The minimum absolute atomic E-state index is 0.0173. The zero-order valence-electron chi connectivity index (χ0n) is 35.8. The summed E-state index contributed by atoms with van der Waals surface area (Å²) in [5.74, 6) is 1.19. The summed E-state index contributed by atoms with van der Waals surface area (Å²) in [7, 11) is 0. The predicted octanol–water partition coefficient (Wildman–Crippen LogP) is 13.0. The topological polar surface area (TPSA) is 76.1 Å². The molecule has 0 saturated heterocycles. The van der Waals surface area contributed by atoms with Crippen LogP contribution in [0.15, 0.2) is 0 Å². The second-order valence-corrected chi connectivity index (χ2v) is 16.7. The highest BCUT2D eigenvalue weighted by Gasteiger charge is 2.15. The van der Waals surface area contributed by atoms with Gasteiger partial charge in [0.2, 0.25) is 0 Å². The van der Waals surface area contributed by atoms with Gasteiger partial charge in [-0.3, -0.25) is 14.0 Å². The highest BCUT2D eigenvalue weighted by molar-refractivity contribution is 5.71. The Morgan fingerprint density at radius 2 is 1.06 bits per heavy atom. The summed E-state index contributed by atoms with van der Waals surface area (Å²) >= 11 is 0. The molecule has 0 saturated carbocycles. The number of aliphatic hydroxyl groups excluding tert-OH is 1. The molecular formula is C46H90FNO5. The predicted molar refractivity (Wildman–Crippen MR) is 223 cm³/mol. The first kappa shape index (κ1) is 51.8. The molecule has 0 aromatic heterocycles. The molecule has 53 heavy (non-hydrogen) atoms. The SMILES string of the molecule is CCCCCCC(CCCCCCCCF)COC(=O)CCCCCCCN(CCO)CCCCCCC(C)C(=O)OCCCCCCCCC(C)C. The molecule has 0 rings (SSSR count). The average molecular weight is 756 g/mol. The lowest BCUT2D eigenvalue weighted by atomic mass is 9.95. The van der Waals surface area contributed by atoms with E-state index in [1.165, 1.54) is 77.0 Å². The van der Waals surface area contributed by atoms with Crippen LogP contribution in [0, 0.1) is 17.8 Å². The summed E-state index contributed by atoms with van der Waals surface area (Å²) in [6.07, 6.45) is 33.6. The zero-order chi connectivity index (χ0) is 39.0. The van der Waals surface area contributed by atoms with Crippen molar-refractivity contribution in [1.82, 2.24) is 4.90 Å². The Bertz CT molecular complexity index is 781. The molecule has 0 heterocycles. The first-order valence-corrected chi connectivity index (χ1v) is 23.0. The summed E-state index contributed by atoms with van der Waals surface area (Å²) in [6.45, 7) is 12.7. The van der Waals surface area contributed by atoms with E-state index in [4.69, 9.17) is 9.47 Å². The van der Waals surface area contributed by atoms with Gasteiger partial charge >= 0.3 is 11.9 Å². The number of carbonyl (C=O) groups excluding carboxylic acids is 2. The largest absolute Gasteiger partial charge is 0.465 e. The molecule has 0 aromatic carbocycles. The van der Waals surface area contributed by atoms with Crippen LogP contribution < -0.4 is 0 Å². The van der Waals surface area contributed by atoms with Gasteiger partial charge in [-0.2, -0.15) is 0 Å². The number of aliphatic hydroxyl groups is 1. The van der Waals surface area contributed by atoms with Crippen molar-refractivity contribution in [2.75, 3.05) is 46.1 Å². The Hall–Kier alpha value is -1.21. The summed E-state index contributed by atoms with van der Waals surface area (Å²) in [6, 6.07) is 0. The maximum absolute atomic E-state index is 12.5. The van der Waals surface area contributed by atoms with Crippen LogP contribution in [-0.2, 0) is 19.1 Å². The third kappa shape index (κ3) is 37.5. The molecule has 6 nitrogen and oxygen atoms in total. The molecule has 0 aliphatic carbocycles. The summed E-state index contributed by atoms with van der Waals surface area (Å²) < 4.78 is 23.6. The molecule has 0 spiro atoms. The van der Waals surface area contributed by atoms with Crippen LogP contribution >= 0.6 is 0 Å². The lowest BCUT2D eigenvalue weighted by Gasteiger charge is -2.21. The third-order valence-corrected chi connectivity index (χ3v) is 10.9. The molecule has 0 aliphatic rings. The second-order valence-electron chi connectivity index (χ2n) is 16.7. The second kappa shape index (κ2) is 40.5. The lowest BCUT2D eigenvalue weighted by molar-refractivity contribution is -0.148. The normalized spacial score (nSPS) is 12.8. The van der Waals surface area contributed by atoms with E-state index in [1.807, 2.05) is 6.92 Å². The van der Waals surface area contributed by atoms with Gasteiger partial charge in [-0.25, -0.2) is 0 Å². The van der Waals surface area contributed by atoms with Crippen LogP contribution in [0.3, 0.4) is 0 Å². The van der Waals surface area contributed by atoms with Gasteiger partial charge in [0.25, 0.3) is 0 Å². The van der Waals surface area contributed by atoms with Gasteiger partial charge < -0.3 is 19.5 Å². The van der Waals surface area contributed by atoms with Gasteiger partial charge in [0.15, 0.2) is 0 Å². The van der Waals surface area contributed by atoms with E-state index in [0.29, 0.717) is 32.0 Å². The molecule has 0 fully saturated rings. The van der Waals surface area contributed by atoms with Crippen molar-refractivity contribution in [2.45, 2.75) is 220 Å². The Morgan fingerprint density at radius 3 is 1.62 bits per heavy atom. The number of carbonyl (C=O) groups is 2. The van der Waals surface area contributed by atoms with E-state index in [0.717, 1.165) is 128 Å². The molecule has 2 atom stereocenters. The van der Waals surface area contributed by atoms with Crippen LogP contribution in [0.1, 0.15) is 220 Å². The van der Waals surface area contributed by atoms with Crippen molar-refractivity contribution in [2.24, 2.45) is 17.8 Å². The maximum Gasteiger partial charge on any atom is 0.308 e. The van der Waals surface area contributed by atoms with Crippen molar-refractivity contribution in [3.8, 4) is 0 Å². The van der Waals surface area contributed by atoms with Gasteiger partial charge in [0.1, 0.15) is 0 Å². The lowest BCUT2D eigenvalue weighted by Crippen LogP contribution is -2.29. The number of unbranched alkanes of at least 4 members (excludes halogenated alkanes) is 20. The quantitative estimate of drug-likeness (QED) is 0.0494. The minimum atomic E-state index is -0.195. The Labute approximate surface area is 328 Å². The average Bonchev–Trinajstić information content (AvgIpc) is 3.14. The van der Waals surface area contributed by atoms with E-state index in [2.05, 4.69) is 25.7 Å². The molecular weight excluding hydrogens is 666 g/mol. The number of alkyl halides is 1. The number of esters is 2. The van der Waals surface area contributed by atoms with Crippen molar-refractivity contribution in [3.05, 3.63) is 0 Å².